The molecular formula is C18H23N9O3. The van der Waals surface area contributed by atoms with Crippen LogP contribution in [0.15, 0.2) is 24.1 Å². The fourth-order valence-corrected chi connectivity index (χ4v) is 4.20. The highest BCUT2D eigenvalue weighted by molar-refractivity contribution is 5.86. The van der Waals surface area contributed by atoms with Crippen LogP contribution in [0.1, 0.15) is 31.7 Å². The van der Waals surface area contributed by atoms with E-state index in [2.05, 4.69) is 42.2 Å². The van der Waals surface area contributed by atoms with E-state index in [1.54, 1.807) is 4.57 Å². The molecule has 2 saturated carbocycles. The molecule has 0 spiro atoms. The van der Waals surface area contributed by atoms with Crippen molar-refractivity contribution in [3.05, 3.63) is 29.4 Å². The Labute approximate surface area is 171 Å². The molecule has 12 nitrogen and oxygen atoms in total. The van der Waals surface area contributed by atoms with Crippen LogP contribution in [0.25, 0.3) is 21.6 Å². The monoisotopic (exact) mass is 413 g/mol. The maximum absolute atomic E-state index is 12.5. The highest BCUT2D eigenvalue weighted by Gasteiger charge is 2.56. The van der Waals surface area contributed by atoms with E-state index in [-0.39, 0.29) is 18.4 Å². The summed E-state index contributed by atoms with van der Waals surface area (Å²) in [5.41, 5.74) is 8.26. The third kappa shape index (κ3) is 2.96. The van der Waals surface area contributed by atoms with Gasteiger partial charge in [-0.15, -0.1) is 6.58 Å². The molecule has 12 heteroatoms. The zero-order chi connectivity index (χ0) is 21.5. The number of aliphatic hydroxyl groups is 2. The van der Waals surface area contributed by atoms with Gasteiger partial charge in [-0.1, -0.05) is 6.08 Å². The number of amides is 1. The molecule has 2 aromatic rings. The van der Waals surface area contributed by atoms with E-state index in [9.17, 15) is 15.0 Å². The van der Waals surface area contributed by atoms with Gasteiger partial charge in [0.15, 0.2) is 11.5 Å². The zero-order valence-electron chi connectivity index (χ0n) is 16.4. The molecule has 30 heavy (non-hydrogen) atoms. The van der Waals surface area contributed by atoms with Crippen LogP contribution >= 0.6 is 0 Å². The summed E-state index contributed by atoms with van der Waals surface area (Å²) in [6, 6.07) is -0.446. The van der Waals surface area contributed by atoms with E-state index in [1.165, 1.54) is 19.5 Å². The Kier molecular flexibility index (Phi) is 5.06. The molecule has 4 atom stereocenters. The van der Waals surface area contributed by atoms with Gasteiger partial charge >= 0.3 is 0 Å². The van der Waals surface area contributed by atoms with Crippen molar-refractivity contribution in [2.45, 2.75) is 50.0 Å². The van der Waals surface area contributed by atoms with Gasteiger partial charge in [-0.05, 0) is 36.3 Å². The van der Waals surface area contributed by atoms with E-state index in [0.29, 0.717) is 17.0 Å². The highest BCUT2D eigenvalue weighted by Crippen LogP contribution is 2.46. The van der Waals surface area contributed by atoms with E-state index >= 15 is 0 Å². The lowest BCUT2D eigenvalue weighted by Crippen LogP contribution is -2.45. The summed E-state index contributed by atoms with van der Waals surface area (Å²) in [7, 11) is 1.46. The van der Waals surface area contributed by atoms with Crippen molar-refractivity contribution in [1.82, 2.24) is 24.8 Å². The number of hydrogen-bond donors (Lipinski definition) is 4. The van der Waals surface area contributed by atoms with Crippen molar-refractivity contribution in [3.8, 4) is 0 Å². The van der Waals surface area contributed by atoms with Crippen molar-refractivity contribution < 1.29 is 15.0 Å². The Bertz CT molecular complexity index is 1040. The molecule has 0 radical (unpaired) electrons. The van der Waals surface area contributed by atoms with Gasteiger partial charge < -0.3 is 25.4 Å². The lowest BCUT2D eigenvalue weighted by Gasteiger charge is -2.27. The molecule has 0 saturated heterocycles. The number of aliphatic hydroxyl groups excluding tert-OH is 2. The molecule has 0 aliphatic heterocycles. The molecule has 2 aromatic heterocycles. The third-order valence-electron chi connectivity index (χ3n) is 6.15. The number of carbonyl (C=O) groups excluding carboxylic acids is 1. The number of nitrogens with zero attached hydrogens (tertiary/aromatic N) is 7. The molecule has 1 amide bonds. The summed E-state index contributed by atoms with van der Waals surface area (Å²) in [5.74, 6) is -0.0734. The second-order valence-electron chi connectivity index (χ2n) is 7.69. The van der Waals surface area contributed by atoms with Crippen LogP contribution in [0.4, 0.5) is 11.8 Å². The minimum atomic E-state index is -1.36. The van der Waals surface area contributed by atoms with Crippen LogP contribution < -0.4 is 10.6 Å². The Morgan fingerprint density at radius 3 is 2.83 bits per heavy atom. The molecule has 4 rings (SSSR count). The first kappa shape index (κ1) is 20.1. The van der Waals surface area contributed by atoms with Gasteiger partial charge in [-0.3, -0.25) is 4.79 Å². The van der Waals surface area contributed by atoms with Crippen LogP contribution in [-0.4, -0.2) is 60.9 Å². The fraction of sp³-hybridized carbons (Fsp3) is 0.556. The number of carbonyl (C=O) groups is 1. The van der Waals surface area contributed by atoms with Gasteiger partial charge in [0.1, 0.15) is 11.6 Å². The largest absolute Gasteiger partial charge is 0.389 e. The van der Waals surface area contributed by atoms with Gasteiger partial charge in [0, 0.05) is 18.0 Å². The van der Waals surface area contributed by atoms with Gasteiger partial charge in [0.25, 0.3) is 0 Å². The van der Waals surface area contributed by atoms with Crippen molar-refractivity contribution >= 4 is 28.8 Å². The number of aromatic nitrogens is 4. The first-order valence-electron chi connectivity index (χ1n) is 9.73. The first-order chi connectivity index (χ1) is 14.4. The normalized spacial score (nSPS) is 28.6. The van der Waals surface area contributed by atoms with Crippen molar-refractivity contribution in [3.63, 3.8) is 0 Å². The van der Waals surface area contributed by atoms with Crippen LogP contribution in [-0.2, 0) is 4.79 Å². The number of rotatable bonds is 6. The van der Waals surface area contributed by atoms with Crippen LogP contribution in [0.5, 0.6) is 0 Å². The van der Waals surface area contributed by atoms with E-state index < -0.39 is 29.6 Å². The molecule has 2 unspecified atom stereocenters. The number of anilines is 1. The maximum Gasteiger partial charge on any atom is 0.232 e. The molecule has 0 bridgehead atoms. The quantitative estimate of drug-likeness (QED) is 0.239. The average Bonchev–Trinajstić information content (AvgIpc) is 3.24. The smallest absolute Gasteiger partial charge is 0.232 e. The summed E-state index contributed by atoms with van der Waals surface area (Å²) < 4.78 is 1.58. The average molecular weight is 413 g/mol. The van der Waals surface area contributed by atoms with Crippen LogP contribution in [0.2, 0.25) is 0 Å². The number of hydrogen-bond acceptors (Lipinski definition) is 8. The first-order valence-corrected chi connectivity index (χ1v) is 9.73. The predicted molar refractivity (Wildman–Crippen MR) is 108 cm³/mol. The second-order valence-corrected chi connectivity index (χ2v) is 7.69. The molecule has 2 fully saturated rings. The van der Waals surface area contributed by atoms with E-state index in [4.69, 9.17) is 5.53 Å². The highest BCUT2D eigenvalue weighted by atomic mass is 16.3. The van der Waals surface area contributed by atoms with E-state index in [1.807, 2.05) is 0 Å². The van der Waals surface area contributed by atoms with Gasteiger partial charge in [0.05, 0.1) is 23.9 Å². The SMILES string of the molecule is C=C[C@]1(C(=O)NC)C[C@@H](n2cnc3c(NC4CCC4)nc(N=[N+]=[N-])nc32)C(O)C1O. The topological polar surface area (TPSA) is 174 Å². The minimum absolute atomic E-state index is 0.0807. The van der Waals surface area contributed by atoms with E-state index in [0.717, 1.165) is 19.3 Å². The molecule has 2 aliphatic rings. The van der Waals surface area contributed by atoms with Crippen molar-refractivity contribution in [2.24, 2.45) is 10.5 Å². The van der Waals surface area contributed by atoms with Gasteiger partial charge in [0.2, 0.25) is 11.9 Å². The predicted octanol–water partition coefficient (Wildman–Crippen LogP) is 1.32. The van der Waals surface area contributed by atoms with Crippen molar-refractivity contribution in [2.75, 3.05) is 12.4 Å². The summed E-state index contributed by atoms with van der Waals surface area (Å²) in [4.78, 5) is 28.2. The Morgan fingerprint density at radius 2 is 2.23 bits per heavy atom. The molecular weight excluding hydrogens is 390 g/mol. The standard InChI is InChI=1S/C18H23N9O3/c1-3-18(16(30)20-2)7-10(12(28)13(18)29)27-8-21-11-14(22-9-5-4-6-9)23-17(25-26-19)24-15(11)27/h3,8-10,12-13,28-29H,1,4-7H2,2H3,(H,20,30)(H,22,23,24)/t10-,12?,13?,18+/m1/s1. The molecule has 0 aromatic carbocycles. The van der Waals surface area contributed by atoms with Crippen LogP contribution in [0, 0.1) is 5.41 Å². The Hall–Kier alpha value is -3.21. The number of azide groups is 1. The van der Waals surface area contributed by atoms with Crippen LogP contribution in [0.3, 0.4) is 0 Å². The summed E-state index contributed by atoms with van der Waals surface area (Å²) in [6.07, 6.45) is 3.45. The molecule has 2 aliphatic carbocycles. The van der Waals surface area contributed by atoms with Gasteiger partial charge in [-0.25, -0.2) is 15.0 Å². The molecule has 2 heterocycles. The van der Waals surface area contributed by atoms with Crippen molar-refractivity contribution in [1.29, 1.82) is 0 Å². The number of fused-ring (bicyclic) bond motifs is 1. The lowest BCUT2D eigenvalue weighted by molar-refractivity contribution is -0.134. The maximum atomic E-state index is 12.5. The zero-order valence-corrected chi connectivity index (χ0v) is 16.4. The summed E-state index contributed by atoms with van der Waals surface area (Å²) in [6.45, 7) is 3.70. The minimum Gasteiger partial charge on any atom is -0.389 e. The Morgan fingerprint density at radius 1 is 1.47 bits per heavy atom. The van der Waals surface area contributed by atoms with Gasteiger partial charge in [-0.2, -0.15) is 0 Å². The number of imidazole rings is 1. The second kappa shape index (κ2) is 7.56. The Balaban J connectivity index is 1.80. The fourth-order valence-electron chi connectivity index (χ4n) is 4.20. The lowest BCUT2D eigenvalue weighted by atomic mass is 9.82. The molecule has 158 valence electrons. The molecule has 4 N–H and O–H groups in total. The summed E-state index contributed by atoms with van der Waals surface area (Å²) in [5, 5.41) is 30.8. The third-order valence-corrected chi connectivity index (χ3v) is 6.15. The summed E-state index contributed by atoms with van der Waals surface area (Å²) >= 11 is 0. The number of nitrogens with one attached hydrogen (secondary N) is 2.